The first-order valence-corrected chi connectivity index (χ1v) is 5.28. The minimum atomic E-state index is -1.01. The topological polar surface area (TPSA) is 44.5 Å². The van der Waals surface area contributed by atoms with Crippen LogP contribution in [-0.4, -0.2) is 29.0 Å². The van der Waals surface area contributed by atoms with Gasteiger partial charge in [-0.1, -0.05) is 6.92 Å². The third-order valence-electron chi connectivity index (χ3n) is 1.31. The van der Waals surface area contributed by atoms with Crippen LogP contribution in [-0.2, 0) is 8.85 Å². The molecular formula is C6H16NO2Si. The van der Waals surface area contributed by atoms with Gasteiger partial charge in [-0.2, -0.15) is 0 Å². The Morgan fingerprint density at radius 1 is 1.60 bits per heavy atom. The molecule has 2 N–H and O–H groups in total. The van der Waals surface area contributed by atoms with Gasteiger partial charge in [-0.05, 0) is 13.0 Å². The van der Waals surface area contributed by atoms with E-state index < -0.39 is 9.28 Å². The Balaban J connectivity index is 3.17. The first kappa shape index (κ1) is 10.1. The molecule has 1 atom stereocenters. The Hall–Kier alpha value is 0.0969. The van der Waals surface area contributed by atoms with Crippen LogP contribution in [0.15, 0.2) is 0 Å². The van der Waals surface area contributed by atoms with Crippen LogP contribution in [0.3, 0.4) is 0 Å². The summed E-state index contributed by atoms with van der Waals surface area (Å²) in [5.41, 5.74) is 5.61. The van der Waals surface area contributed by atoms with E-state index in [9.17, 15) is 0 Å². The van der Waals surface area contributed by atoms with Crippen molar-refractivity contribution in [2.24, 2.45) is 5.73 Å². The average molecular weight is 162 g/mol. The van der Waals surface area contributed by atoms with E-state index in [1.807, 2.05) is 13.5 Å². The molecule has 3 nitrogen and oxygen atoms in total. The summed E-state index contributed by atoms with van der Waals surface area (Å²) in [5.74, 6) is 0. The fourth-order valence-corrected chi connectivity index (χ4v) is 0.968. The molecule has 10 heavy (non-hydrogen) atoms. The largest absolute Gasteiger partial charge is 0.397 e. The third kappa shape index (κ3) is 4.93. The quantitative estimate of drug-likeness (QED) is 0.599. The molecule has 1 radical (unpaired) electrons. The zero-order valence-corrected chi connectivity index (χ0v) is 7.89. The molecule has 0 aromatic heterocycles. The summed E-state index contributed by atoms with van der Waals surface area (Å²) in [6.07, 6.45) is 0.957. The lowest BCUT2D eigenvalue weighted by Crippen LogP contribution is -2.29. The monoisotopic (exact) mass is 162 g/mol. The number of hydrogen-bond donors (Lipinski definition) is 1. The molecule has 0 aliphatic rings. The van der Waals surface area contributed by atoms with Gasteiger partial charge in [0.2, 0.25) is 0 Å². The van der Waals surface area contributed by atoms with Crippen LogP contribution in [0.1, 0.15) is 13.3 Å². The second-order valence-electron chi connectivity index (χ2n) is 2.18. The van der Waals surface area contributed by atoms with Gasteiger partial charge in [0.15, 0.2) is 0 Å². The maximum Gasteiger partial charge on any atom is 0.380 e. The van der Waals surface area contributed by atoms with Crippen molar-refractivity contribution in [2.45, 2.75) is 25.9 Å². The summed E-state index contributed by atoms with van der Waals surface area (Å²) in [6, 6.07) is 0.162. The molecule has 0 amide bonds. The normalized spacial score (nSPS) is 14.1. The van der Waals surface area contributed by atoms with Crippen LogP contribution in [0.2, 0.25) is 6.55 Å². The molecular weight excluding hydrogens is 146 g/mol. The standard InChI is InChI=1S/C6H16NO2Si/c1-4-6(7)5-9-10(3)8-2/h6H,4-5,7H2,1-3H3. The van der Waals surface area contributed by atoms with E-state index in [1.165, 1.54) is 0 Å². The first-order chi connectivity index (χ1) is 4.70. The molecule has 1 unspecified atom stereocenters. The average Bonchev–Trinajstić information content (AvgIpc) is 1.99. The van der Waals surface area contributed by atoms with Gasteiger partial charge >= 0.3 is 9.28 Å². The number of hydrogen-bond acceptors (Lipinski definition) is 3. The van der Waals surface area contributed by atoms with Crippen LogP contribution >= 0.6 is 0 Å². The van der Waals surface area contributed by atoms with Crippen molar-refractivity contribution in [1.82, 2.24) is 0 Å². The third-order valence-corrected chi connectivity index (χ3v) is 2.46. The van der Waals surface area contributed by atoms with Crippen LogP contribution in [0, 0.1) is 0 Å². The van der Waals surface area contributed by atoms with Crippen LogP contribution in [0.5, 0.6) is 0 Å². The van der Waals surface area contributed by atoms with Crippen molar-refractivity contribution < 1.29 is 8.85 Å². The number of nitrogens with two attached hydrogens (primary N) is 1. The molecule has 0 aliphatic carbocycles. The van der Waals surface area contributed by atoms with Crippen LogP contribution < -0.4 is 5.73 Å². The van der Waals surface area contributed by atoms with Gasteiger partial charge in [-0.3, -0.25) is 0 Å². The maximum absolute atomic E-state index is 5.61. The van der Waals surface area contributed by atoms with Crippen LogP contribution in [0.4, 0.5) is 0 Å². The van der Waals surface area contributed by atoms with Gasteiger partial charge in [0.1, 0.15) is 0 Å². The van der Waals surface area contributed by atoms with Gasteiger partial charge in [0.25, 0.3) is 0 Å². The van der Waals surface area contributed by atoms with Crippen molar-refractivity contribution >= 4 is 9.28 Å². The van der Waals surface area contributed by atoms with Crippen molar-refractivity contribution in [3.8, 4) is 0 Å². The summed E-state index contributed by atoms with van der Waals surface area (Å²) in [4.78, 5) is 0. The highest BCUT2D eigenvalue weighted by Gasteiger charge is 2.06. The summed E-state index contributed by atoms with van der Waals surface area (Å²) in [5, 5.41) is 0. The van der Waals surface area contributed by atoms with E-state index in [4.69, 9.17) is 14.6 Å². The van der Waals surface area contributed by atoms with E-state index in [0.29, 0.717) is 6.61 Å². The maximum atomic E-state index is 5.61. The molecule has 0 saturated heterocycles. The molecule has 0 rings (SSSR count). The van der Waals surface area contributed by atoms with Gasteiger partial charge in [-0.15, -0.1) is 0 Å². The lowest BCUT2D eigenvalue weighted by atomic mass is 10.3. The Morgan fingerprint density at radius 2 is 2.20 bits per heavy atom. The Morgan fingerprint density at radius 3 is 2.60 bits per heavy atom. The van der Waals surface area contributed by atoms with Gasteiger partial charge < -0.3 is 14.6 Å². The minimum Gasteiger partial charge on any atom is -0.397 e. The number of rotatable bonds is 5. The van der Waals surface area contributed by atoms with E-state index in [2.05, 4.69) is 0 Å². The minimum absolute atomic E-state index is 0.162. The zero-order valence-electron chi connectivity index (χ0n) is 6.89. The smallest absolute Gasteiger partial charge is 0.380 e. The molecule has 0 aromatic rings. The fraction of sp³-hybridized carbons (Fsp3) is 1.00. The summed E-state index contributed by atoms with van der Waals surface area (Å²) < 4.78 is 10.3. The molecule has 0 aliphatic heterocycles. The highest BCUT2D eigenvalue weighted by molar-refractivity contribution is 6.42. The fourth-order valence-electron chi connectivity index (χ4n) is 0.401. The predicted octanol–water partition coefficient (Wildman–Crippen LogP) is 0.505. The molecule has 0 aromatic carbocycles. The molecule has 61 valence electrons. The van der Waals surface area contributed by atoms with E-state index in [-0.39, 0.29) is 6.04 Å². The van der Waals surface area contributed by atoms with E-state index >= 15 is 0 Å². The zero-order chi connectivity index (χ0) is 7.98. The molecule has 0 heterocycles. The molecule has 0 bridgehead atoms. The summed E-state index contributed by atoms with van der Waals surface area (Å²) >= 11 is 0. The SMILES string of the molecule is CCC(N)CO[Si](C)OC. The van der Waals surface area contributed by atoms with Gasteiger partial charge in [0, 0.05) is 13.2 Å². The molecule has 4 heteroatoms. The lowest BCUT2D eigenvalue weighted by molar-refractivity contribution is 0.218. The first-order valence-electron chi connectivity index (χ1n) is 3.46. The van der Waals surface area contributed by atoms with Crippen molar-refractivity contribution in [3.63, 3.8) is 0 Å². The lowest BCUT2D eigenvalue weighted by Gasteiger charge is -2.11. The Labute approximate surface area is 64.4 Å². The van der Waals surface area contributed by atoms with Crippen molar-refractivity contribution in [1.29, 1.82) is 0 Å². The Kier molecular flexibility index (Phi) is 5.91. The van der Waals surface area contributed by atoms with E-state index in [0.717, 1.165) is 6.42 Å². The van der Waals surface area contributed by atoms with Crippen molar-refractivity contribution in [2.75, 3.05) is 13.7 Å². The second kappa shape index (κ2) is 5.85. The molecule has 0 spiro atoms. The van der Waals surface area contributed by atoms with Crippen molar-refractivity contribution in [3.05, 3.63) is 0 Å². The molecule has 0 saturated carbocycles. The second-order valence-corrected chi connectivity index (χ2v) is 3.86. The highest BCUT2D eigenvalue weighted by atomic mass is 28.3. The Bertz CT molecular complexity index is 72.1. The predicted molar refractivity (Wildman–Crippen MR) is 42.8 cm³/mol. The molecule has 0 fully saturated rings. The van der Waals surface area contributed by atoms with Gasteiger partial charge in [0.05, 0.1) is 6.61 Å². The van der Waals surface area contributed by atoms with E-state index in [1.54, 1.807) is 7.11 Å². The summed E-state index contributed by atoms with van der Waals surface area (Å²) in [6.45, 7) is 4.62. The van der Waals surface area contributed by atoms with Gasteiger partial charge in [-0.25, -0.2) is 0 Å². The summed E-state index contributed by atoms with van der Waals surface area (Å²) in [7, 11) is 0.645. The highest BCUT2D eigenvalue weighted by Crippen LogP contribution is 1.91. The van der Waals surface area contributed by atoms with Crippen LogP contribution in [0.25, 0.3) is 0 Å².